The Morgan fingerprint density at radius 3 is 2.88 bits per heavy atom. The lowest BCUT2D eigenvalue weighted by atomic mass is 10.3. The fraction of sp³-hybridized carbons (Fsp3) is 0.0556. The summed E-state index contributed by atoms with van der Waals surface area (Å²) in [5.74, 6) is 1.64. The van der Waals surface area contributed by atoms with Crippen molar-refractivity contribution in [3.8, 4) is 5.75 Å². The van der Waals surface area contributed by atoms with E-state index in [-0.39, 0.29) is 12.4 Å². The van der Waals surface area contributed by atoms with Crippen molar-refractivity contribution in [3.63, 3.8) is 0 Å². The lowest BCUT2D eigenvalue weighted by Gasteiger charge is -2.06. The Hall–Kier alpha value is -2.01. The third-order valence-electron chi connectivity index (χ3n) is 3.11. The molecular weight excluding hydrogens is 367 g/mol. The average molecular weight is 379 g/mol. The summed E-state index contributed by atoms with van der Waals surface area (Å²) in [7, 11) is 0. The average Bonchev–Trinajstić information content (AvgIpc) is 3.25. The van der Waals surface area contributed by atoms with Crippen LogP contribution in [-0.2, 0) is 6.61 Å². The molecule has 3 nitrogen and oxygen atoms in total. The fourth-order valence-electron chi connectivity index (χ4n) is 1.96. The first-order valence-corrected chi connectivity index (χ1v) is 8.68. The zero-order valence-electron chi connectivity index (χ0n) is 12.4. The number of carbonyl (C=O) groups is 1. The molecule has 0 atom stereocenters. The predicted octanol–water partition coefficient (Wildman–Crippen LogP) is 6.12. The maximum Gasteiger partial charge on any atom is 0.195 e. The summed E-state index contributed by atoms with van der Waals surface area (Å²) in [5, 5.41) is 2.89. The molecule has 3 aromatic rings. The van der Waals surface area contributed by atoms with Crippen LogP contribution in [0.4, 0.5) is 0 Å². The smallest absolute Gasteiger partial charge is 0.195 e. The number of hydrogen-bond acceptors (Lipinski definition) is 4. The molecule has 0 saturated heterocycles. The molecule has 3 rings (SSSR count). The van der Waals surface area contributed by atoms with Crippen molar-refractivity contribution in [3.05, 3.63) is 80.4 Å². The maximum atomic E-state index is 11.9. The SMILES string of the molecule is O=C(/C=C/c1ccc(COc2cc(Cl)ccc2Cl)o1)c1cccs1. The van der Waals surface area contributed by atoms with Gasteiger partial charge in [-0.15, -0.1) is 11.3 Å². The van der Waals surface area contributed by atoms with Gasteiger partial charge in [-0.1, -0.05) is 29.3 Å². The molecule has 1 aromatic carbocycles. The van der Waals surface area contributed by atoms with Gasteiger partial charge in [0.15, 0.2) is 5.78 Å². The Morgan fingerprint density at radius 1 is 1.21 bits per heavy atom. The van der Waals surface area contributed by atoms with Gasteiger partial charge >= 0.3 is 0 Å². The van der Waals surface area contributed by atoms with Crippen molar-refractivity contribution < 1.29 is 13.9 Å². The highest BCUT2D eigenvalue weighted by atomic mass is 35.5. The second-order valence-electron chi connectivity index (χ2n) is 4.84. The lowest BCUT2D eigenvalue weighted by Crippen LogP contribution is -1.94. The van der Waals surface area contributed by atoms with E-state index >= 15 is 0 Å². The quantitative estimate of drug-likeness (QED) is 0.382. The molecule has 0 N–H and O–H groups in total. The van der Waals surface area contributed by atoms with Crippen LogP contribution >= 0.6 is 34.5 Å². The van der Waals surface area contributed by atoms with Crippen LogP contribution in [0.5, 0.6) is 5.75 Å². The van der Waals surface area contributed by atoms with Crippen molar-refractivity contribution in [1.29, 1.82) is 0 Å². The summed E-state index contributed by atoms with van der Waals surface area (Å²) < 4.78 is 11.2. The van der Waals surface area contributed by atoms with Gasteiger partial charge in [-0.25, -0.2) is 0 Å². The van der Waals surface area contributed by atoms with Crippen LogP contribution in [-0.4, -0.2) is 5.78 Å². The van der Waals surface area contributed by atoms with Crippen LogP contribution in [0.3, 0.4) is 0 Å². The standard InChI is InChI=1S/C18H12Cl2O3S/c19-12-3-7-15(20)17(10-12)22-11-14-5-4-13(23-14)6-8-16(21)18-2-1-9-24-18/h1-10H,11H2/b8-6+. The predicted molar refractivity (Wildman–Crippen MR) is 97.2 cm³/mol. The zero-order chi connectivity index (χ0) is 16.9. The summed E-state index contributed by atoms with van der Waals surface area (Å²) in [6.45, 7) is 0.215. The van der Waals surface area contributed by atoms with Gasteiger partial charge in [-0.05, 0) is 47.9 Å². The Bertz CT molecular complexity index is 866. The molecule has 2 heterocycles. The Labute approximate surface area is 153 Å². The first kappa shape index (κ1) is 16.8. The third kappa shape index (κ3) is 4.29. The summed E-state index contributed by atoms with van der Waals surface area (Å²) in [4.78, 5) is 12.6. The summed E-state index contributed by atoms with van der Waals surface area (Å²) >= 11 is 13.4. The van der Waals surface area contributed by atoms with Gasteiger partial charge < -0.3 is 9.15 Å². The van der Waals surface area contributed by atoms with E-state index in [0.717, 1.165) is 0 Å². The number of furan rings is 1. The van der Waals surface area contributed by atoms with Crippen LogP contribution in [0, 0.1) is 0 Å². The molecule has 122 valence electrons. The van der Waals surface area contributed by atoms with Crippen LogP contribution in [0.1, 0.15) is 21.2 Å². The minimum Gasteiger partial charge on any atom is -0.484 e. The highest BCUT2D eigenvalue weighted by Gasteiger charge is 2.06. The van der Waals surface area contributed by atoms with E-state index in [1.165, 1.54) is 17.4 Å². The van der Waals surface area contributed by atoms with Crippen LogP contribution in [0.15, 0.2) is 58.3 Å². The molecule has 24 heavy (non-hydrogen) atoms. The summed E-state index contributed by atoms with van der Waals surface area (Å²) in [5.41, 5.74) is 0. The van der Waals surface area contributed by atoms with Crippen LogP contribution in [0.25, 0.3) is 6.08 Å². The highest BCUT2D eigenvalue weighted by molar-refractivity contribution is 7.12. The van der Waals surface area contributed by atoms with Gasteiger partial charge in [0, 0.05) is 11.1 Å². The molecule has 6 heteroatoms. The first-order chi connectivity index (χ1) is 11.6. The van der Waals surface area contributed by atoms with E-state index < -0.39 is 0 Å². The molecule has 0 unspecified atom stereocenters. The van der Waals surface area contributed by atoms with Crippen molar-refractivity contribution in [2.75, 3.05) is 0 Å². The van der Waals surface area contributed by atoms with Gasteiger partial charge in [0.1, 0.15) is 23.9 Å². The number of hydrogen-bond donors (Lipinski definition) is 0. The summed E-state index contributed by atoms with van der Waals surface area (Å²) in [6.07, 6.45) is 3.13. The molecule has 0 saturated carbocycles. The fourth-order valence-corrected chi connectivity index (χ4v) is 2.94. The lowest BCUT2D eigenvalue weighted by molar-refractivity contribution is 0.105. The topological polar surface area (TPSA) is 39.4 Å². The van der Waals surface area contributed by atoms with E-state index in [1.54, 1.807) is 42.5 Å². The first-order valence-electron chi connectivity index (χ1n) is 7.04. The van der Waals surface area contributed by atoms with Crippen molar-refractivity contribution in [2.45, 2.75) is 6.61 Å². The molecule has 0 aliphatic heterocycles. The maximum absolute atomic E-state index is 11.9. The molecule has 0 aliphatic rings. The largest absolute Gasteiger partial charge is 0.484 e. The molecule has 0 bridgehead atoms. The Morgan fingerprint density at radius 2 is 2.08 bits per heavy atom. The van der Waals surface area contributed by atoms with Crippen LogP contribution < -0.4 is 4.74 Å². The highest BCUT2D eigenvalue weighted by Crippen LogP contribution is 2.28. The van der Waals surface area contributed by atoms with Crippen molar-refractivity contribution >= 4 is 46.4 Å². The summed E-state index contributed by atoms with van der Waals surface area (Å²) in [6, 6.07) is 12.2. The number of carbonyl (C=O) groups excluding carboxylic acids is 1. The van der Waals surface area contributed by atoms with Crippen molar-refractivity contribution in [2.24, 2.45) is 0 Å². The van der Waals surface area contributed by atoms with E-state index in [4.69, 9.17) is 32.4 Å². The van der Waals surface area contributed by atoms with Gasteiger partial charge in [0.05, 0.1) is 9.90 Å². The molecule has 0 aliphatic carbocycles. The van der Waals surface area contributed by atoms with Gasteiger partial charge in [-0.2, -0.15) is 0 Å². The van der Waals surface area contributed by atoms with E-state index in [1.807, 2.05) is 11.4 Å². The number of halogens is 2. The normalized spacial score (nSPS) is 11.1. The van der Waals surface area contributed by atoms with E-state index in [0.29, 0.717) is 32.2 Å². The van der Waals surface area contributed by atoms with Gasteiger partial charge in [-0.3, -0.25) is 4.79 Å². The number of allylic oxidation sites excluding steroid dienone is 1. The Balaban J connectivity index is 1.61. The minimum absolute atomic E-state index is 0.0510. The molecule has 0 radical (unpaired) electrons. The second kappa shape index (κ2) is 7.71. The molecule has 0 amide bonds. The molecular formula is C18H12Cl2O3S. The molecule has 0 fully saturated rings. The number of benzene rings is 1. The van der Waals surface area contributed by atoms with Crippen LogP contribution in [0.2, 0.25) is 10.0 Å². The minimum atomic E-state index is -0.0510. The van der Waals surface area contributed by atoms with Crippen molar-refractivity contribution in [1.82, 2.24) is 0 Å². The molecule has 2 aromatic heterocycles. The zero-order valence-corrected chi connectivity index (χ0v) is 14.7. The van der Waals surface area contributed by atoms with Gasteiger partial charge in [0.25, 0.3) is 0 Å². The van der Waals surface area contributed by atoms with E-state index in [9.17, 15) is 4.79 Å². The number of thiophene rings is 1. The monoisotopic (exact) mass is 378 g/mol. The third-order valence-corrected chi connectivity index (χ3v) is 4.54. The Kier molecular flexibility index (Phi) is 5.41. The molecule has 0 spiro atoms. The number of rotatable bonds is 6. The number of ether oxygens (including phenoxy) is 1. The number of ketones is 1. The van der Waals surface area contributed by atoms with Gasteiger partial charge in [0.2, 0.25) is 0 Å². The van der Waals surface area contributed by atoms with E-state index in [2.05, 4.69) is 0 Å². The second-order valence-corrected chi connectivity index (χ2v) is 6.63.